The third-order valence-electron chi connectivity index (χ3n) is 4.43. The van der Waals surface area contributed by atoms with E-state index >= 15 is 0 Å². The van der Waals surface area contributed by atoms with Crippen LogP contribution in [0.4, 0.5) is 4.39 Å². The normalized spacial score (nSPS) is 12.1. The van der Waals surface area contributed by atoms with Gasteiger partial charge in [-0.15, -0.1) is 10.2 Å². The van der Waals surface area contributed by atoms with Crippen molar-refractivity contribution < 1.29 is 18.6 Å². The molecular weight excluding hydrogens is 417 g/mol. The molecule has 8 heteroatoms. The van der Waals surface area contributed by atoms with Crippen molar-refractivity contribution in [3.8, 4) is 17.2 Å². The maximum absolute atomic E-state index is 13.1. The Morgan fingerprint density at radius 3 is 2.23 bits per heavy atom. The van der Waals surface area contributed by atoms with Gasteiger partial charge in [0.15, 0.2) is 17.1 Å². The van der Waals surface area contributed by atoms with Crippen LogP contribution in [0.3, 0.4) is 0 Å². The van der Waals surface area contributed by atoms with E-state index in [9.17, 15) is 4.39 Å². The maximum Gasteiger partial charge on any atom is 0.191 e. The van der Waals surface area contributed by atoms with Gasteiger partial charge in [-0.05, 0) is 61.4 Å². The van der Waals surface area contributed by atoms with Gasteiger partial charge in [0, 0.05) is 12.3 Å². The number of thioether (sulfide) groups is 1. The van der Waals surface area contributed by atoms with Gasteiger partial charge in [0.1, 0.15) is 23.1 Å². The number of methoxy groups -OCH3 is 1. The number of hydrogen-bond acceptors (Lipinski definition) is 6. The number of nitrogens with zero attached hydrogens (tertiary/aromatic N) is 3. The van der Waals surface area contributed by atoms with Crippen molar-refractivity contribution >= 4 is 11.8 Å². The van der Waals surface area contributed by atoms with Crippen molar-refractivity contribution in [1.29, 1.82) is 0 Å². The average Bonchev–Trinajstić information content (AvgIpc) is 3.15. The Morgan fingerprint density at radius 1 is 0.935 bits per heavy atom. The van der Waals surface area contributed by atoms with Gasteiger partial charge in [-0.1, -0.05) is 25.6 Å². The quantitative estimate of drug-likeness (QED) is 0.291. The summed E-state index contributed by atoms with van der Waals surface area (Å²) in [5.41, 5.74) is 0. The van der Waals surface area contributed by atoms with E-state index in [2.05, 4.69) is 28.6 Å². The lowest BCUT2D eigenvalue weighted by atomic mass is 10.2. The monoisotopic (exact) mass is 445 g/mol. The van der Waals surface area contributed by atoms with Crippen molar-refractivity contribution in [2.24, 2.45) is 5.92 Å². The molecule has 2 aromatic carbocycles. The number of aromatic nitrogens is 3. The van der Waals surface area contributed by atoms with E-state index in [4.69, 9.17) is 14.2 Å². The van der Waals surface area contributed by atoms with Gasteiger partial charge in [-0.3, -0.25) is 0 Å². The number of benzene rings is 2. The van der Waals surface area contributed by atoms with Gasteiger partial charge >= 0.3 is 0 Å². The minimum Gasteiger partial charge on any atom is -0.497 e. The number of halogens is 1. The maximum atomic E-state index is 13.1. The first-order valence-corrected chi connectivity index (χ1v) is 11.2. The topological polar surface area (TPSA) is 58.4 Å². The first-order chi connectivity index (χ1) is 15.0. The van der Waals surface area contributed by atoms with E-state index in [0.29, 0.717) is 18.3 Å². The van der Waals surface area contributed by atoms with Crippen LogP contribution in [0.15, 0.2) is 53.7 Å². The highest BCUT2D eigenvalue weighted by Crippen LogP contribution is 2.26. The molecule has 0 fully saturated rings. The van der Waals surface area contributed by atoms with Crippen LogP contribution in [0.25, 0.3) is 0 Å². The largest absolute Gasteiger partial charge is 0.497 e. The van der Waals surface area contributed by atoms with Gasteiger partial charge < -0.3 is 18.8 Å². The zero-order valence-corrected chi connectivity index (χ0v) is 19.1. The molecule has 6 nitrogen and oxygen atoms in total. The summed E-state index contributed by atoms with van der Waals surface area (Å²) < 4.78 is 32.2. The third kappa shape index (κ3) is 6.62. The van der Waals surface area contributed by atoms with Crippen LogP contribution in [-0.4, -0.2) is 34.2 Å². The van der Waals surface area contributed by atoms with Gasteiger partial charge in [0.25, 0.3) is 0 Å². The molecule has 3 rings (SSSR count). The Hall–Kier alpha value is -2.74. The summed E-state index contributed by atoms with van der Waals surface area (Å²) in [6.45, 7) is 7.54. The van der Waals surface area contributed by atoms with Gasteiger partial charge in [0.2, 0.25) is 0 Å². The second kappa shape index (κ2) is 11.0. The summed E-state index contributed by atoms with van der Waals surface area (Å²) >= 11 is 1.60. The van der Waals surface area contributed by atoms with Crippen LogP contribution < -0.4 is 14.2 Å². The van der Waals surface area contributed by atoms with E-state index in [1.807, 2.05) is 31.2 Å². The lowest BCUT2D eigenvalue weighted by Gasteiger charge is -2.18. The molecule has 0 radical (unpaired) electrons. The third-order valence-corrected chi connectivity index (χ3v) is 5.36. The first-order valence-electron chi connectivity index (χ1n) is 10.2. The molecule has 0 saturated heterocycles. The highest BCUT2D eigenvalue weighted by Gasteiger charge is 2.20. The fourth-order valence-corrected chi connectivity index (χ4v) is 3.75. The summed E-state index contributed by atoms with van der Waals surface area (Å²) in [4.78, 5) is 0. The molecule has 3 aromatic rings. The van der Waals surface area contributed by atoms with E-state index in [0.717, 1.165) is 34.8 Å². The van der Waals surface area contributed by atoms with Crippen LogP contribution in [0.2, 0.25) is 0 Å². The summed E-state index contributed by atoms with van der Waals surface area (Å²) in [6, 6.07) is 13.5. The van der Waals surface area contributed by atoms with Crippen LogP contribution in [0.1, 0.15) is 32.7 Å². The van der Waals surface area contributed by atoms with E-state index in [1.54, 1.807) is 31.0 Å². The number of ether oxygens (including phenoxy) is 3. The summed E-state index contributed by atoms with van der Waals surface area (Å²) in [5, 5.41) is 9.58. The molecule has 1 atom stereocenters. The fraction of sp³-hybridized carbons (Fsp3) is 0.391. The summed E-state index contributed by atoms with van der Waals surface area (Å²) in [7, 11) is 1.64. The smallest absolute Gasteiger partial charge is 0.191 e. The Kier molecular flexibility index (Phi) is 8.17. The average molecular weight is 446 g/mol. The Morgan fingerprint density at radius 2 is 1.58 bits per heavy atom. The first kappa shape index (κ1) is 22.9. The Balaban J connectivity index is 1.61. The molecule has 1 unspecified atom stereocenters. The van der Waals surface area contributed by atoms with Crippen molar-refractivity contribution in [2.45, 2.75) is 38.6 Å². The van der Waals surface area contributed by atoms with Gasteiger partial charge in [0.05, 0.1) is 13.7 Å². The van der Waals surface area contributed by atoms with Gasteiger partial charge in [-0.25, -0.2) is 4.39 Å². The fourth-order valence-electron chi connectivity index (χ4n) is 2.98. The Bertz CT molecular complexity index is 946. The van der Waals surface area contributed by atoms with Crippen molar-refractivity contribution in [2.75, 3.05) is 19.5 Å². The van der Waals surface area contributed by atoms with Crippen molar-refractivity contribution in [1.82, 2.24) is 14.8 Å². The summed E-state index contributed by atoms with van der Waals surface area (Å²) in [5.74, 6) is 3.79. The highest BCUT2D eigenvalue weighted by molar-refractivity contribution is 7.99. The minimum absolute atomic E-state index is 0.293. The van der Waals surface area contributed by atoms with Crippen LogP contribution >= 0.6 is 11.8 Å². The van der Waals surface area contributed by atoms with E-state index < -0.39 is 0 Å². The molecular formula is C23H28FN3O3S. The lowest BCUT2D eigenvalue weighted by Crippen LogP contribution is -2.15. The molecule has 0 aliphatic carbocycles. The molecule has 166 valence electrons. The molecule has 1 aromatic heterocycles. The number of hydrogen-bond donors (Lipinski definition) is 0. The summed E-state index contributed by atoms with van der Waals surface area (Å²) in [6.07, 6.45) is -0.318. The predicted molar refractivity (Wildman–Crippen MR) is 120 cm³/mol. The van der Waals surface area contributed by atoms with Crippen LogP contribution in [0, 0.1) is 11.7 Å². The zero-order valence-electron chi connectivity index (χ0n) is 18.2. The molecule has 0 saturated carbocycles. The highest BCUT2D eigenvalue weighted by atomic mass is 32.2. The molecule has 0 N–H and O–H groups in total. The second-order valence-electron chi connectivity index (χ2n) is 7.43. The molecule has 0 aliphatic heterocycles. The standard InChI is InChI=1S/C23H28FN3O3S/c1-16(2)15-27-22(17(3)30-21-7-5-18(24)6-8-21)25-26-23(27)31-14-13-29-20-11-9-19(28-4)10-12-20/h5-12,16-17H,13-15H2,1-4H3. The SMILES string of the molecule is COc1ccc(OCCSc2nnc(C(C)Oc3ccc(F)cc3)n2CC(C)C)cc1. The Labute approximate surface area is 186 Å². The molecule has 0 aliphatic rings. The number of rotatable bonds is 11. The predicted octanol–water partition coefficient (Wildman–Crippen LogP) is 5.39. The zero-order chi connectivity index (χ0) is 22.2. The van der Waals surface area contributed by atoms with Crippen molar-refractivity contribution in [3.63, 3.8) is 0 Å². The molecule has 0 amide bonds. The molecule has 0 spiro atoms. The molecule has 0 bridgehead atoms. The van der Waals surface area contributed by atoms with E-state index in [1.165, 1.54) is 12.1 Å². The van der Waals surface area contributed by atoms with E-state index in [-0.39, 0.29) is 11.9 Å². The van der Waals surface area contributed by atoms with Gasteiger partial charge in [-0.2, -0.15) is 0 Å². The molecule has 1 heterocycles. The van der Waals surface area contributed by atoms with Crippen LogP contribution in [0.5, 0.6) is 17.2 Å². The second-order valence-corrected chi connectivity index (χ2v) is 8.49. The van der Waals surface area contributed by atoms with Crippen molar-refractivity contribution in [3.05, 3.63) is 60.2 Å². The minimum atomic E-state index is -0.318. The lowest BCUT2D eigenvalue weighted by molar-refractivity contribution is 0.207. The van der Waals surface area contributed by atoms with Crippen LogP contribution in [-0.2, 0) is 6.54 Å². The molecule has 31 heavy (non-hydrogen) atoms.